The number of thioether (sulfide) groups is 1. The van der Waals surface area contributed by atoms with E-state index in [1.807, 2.05) is 42.8 Å². The molecule has 0 aliphatic rings. The first-order valence-corrected chi connectivity index (χ1v) is 11.2. The lowest BCUT2D eigenvalue weighted by Gasteiger charge is -2.08. The van der Waals surface area contributed by atoms with E-state index in [9.17, 15) is 9.59 Å². The Balaban J connectivity index is 1.48. The predicted molar refractivity (Wildman–Crippen MR) is 124 cm³/mol. The van der Waals surface area contributed by atoms with Crippen LogP contribution in [0.2, 0.25) is 10.0 Å². The summed E-state index contributed by atoms with van der Waals surface area (Å²) in [5.74, 6) is 0.561. The average molecular weight is 478 g/mol. The molecule has 0 unspecified atom stereocenters. The van der Waals surface area contributed by atoms with Crippen molar-refractivity contribution in [3.8, 4) is 0 Å². The van der Waals surface area contributed by atoms with Gasteiger partial charge in [-0.3, -0.25) is 9.59 Å². The first-order valence-electron chi connectivity index (χ1n) is 9.45. The van der Waals surface area contributed by atoms with Gasteiger partial charge in [0.25, 0.3) is 5.91 Å². The molecule has 3 aromatic rings. The number of aryl methyl sites for hydroxylation is 1. The van der Waals surface area contributed by atoms with Crippen LogP contribution in [-0.2, 0) is 18.3 Å². The first kappa shape index (κ1) is 23.1. The molecule has 0 saturated heterocycles. The van der Waals surface area contributed by atoms with Gasteiger partial charge in [-0.1, -0.05) is 53.2 Å². The summed E-state index contributed by atoms with van der Waals surface area (Å²) in [5, 5.41) is 15.4. The second kappa shape index (κ2) is 10.7. The molecule has 1 heterocycles. The Morgan fingerprint density at radius 2 is 1.87 bits per heavy atom. The van der Waals surface area contributed by atoms with Crippen molar-refractivity contribution in [2.75, 3.05) is 17.6 Å². The maximum absolute atomic E-state index is 12.2. The smallest absolute Gasteiger partial charge is 0.251 e. The van der Waals surface area contributed by atoms with E-state index in [1.54, 1.807) is 12.1 Å². The van der Waals surface area contributed by atoms with Crippen LogP contribution < -0.4 is 10.6 Å². The first-order chi connectivity index (χ1) is 14.8. The number of aromatic nitrogens is 3. The molecule has 0 fully saturated rings. The van der Waals surface area contributed by atoms with Crippen LogP contribution in [0.3, 0.4) is 0 Å². The van der Waals surface area contributed by atoms with Crippen molar-refractivity contribution in [2.24, 2.45) is 7.05 Å². The highest BCUT2D eigenvalue weighted by Gasteiger charge is 2.13. The molecule has 2 N–H and O–H groups in total. The lowest BCUT2D eigenvalue weighted by molar-refractivity contribution is -0.113. The van der Waals surface area contributed by atoms with Crippen LogP contribution in [0.25, 0.3) is 0 Å². The Morgan fingerprint density at radius 3 is 2.61 bits per heavy atom. The van der Waals surface area contributed by atoms with Gasteiger partial charge in [0.2, 0.25) is 5.91 Å². The maximum Gasteiger partial charge on any atom is 0.251 e. The Bertz CT molecular complexity index is 1100. The number of rotatable bonds is 8. The minimum Gasteiger partial charge on any atom is -0.352 e. The van der Waals surface area contributed by atoms with Gasteiger partial charge in [-0.15, -0.1) is 10.2 Å². The van der Waals surface area contributed by atoms with Crippen LogP contribution >= 0.6 is 35.0 Å². The van der Waals surface area contributed by atoms with Crippen molar-refractivity contribution in [3.05, 3.63) is 69.5 Å². The third-order valence-corrected chi connectivity index (χ3v) is 6.25. The third kappa shape index (κ3) is 6.22. The Labute approximate surface area is 194 Å². The fourth-order valence-corrected chi connectivity index (χ4v) is 3.77. The van der Waals surface area contributed by atoms with Gasteiger partial charge in [-0.2, -0.15) is 0 Å². The molecule has 31 heavy (non-hydrogen) atoms. The van der Waals surface area contributed by atoms with Crippen LogP contribution in [0.15, 0.2) is 47.6 Å². The number of nitrogens with one attached hydrogen (secondary N) is 2. The molecular formula is C21H21Cl2N5O2S. The molecule has 0 saturated carbocycles. The zero-order valence-corrected chi connectivity index (χ0v) is 19.3. The van der Waals surface area contributed by atoms with E-state index in [0.717, 1.165) is 11.3 Å². The number of carbonyl (C=O) groups excluding carboxylic acids is 2. The van der Waals surface area contributed by atoms with E-state index >= 15 is 0 Å². The number of carbonyl (C=O) groups is 2. The summed E-state index contributed by atoms with van der Waals surface area (Å²) in [6.07, 6.45) is 0.493. The van der Waals surface area contributed by atoms with Crippen LogP contribution in [0.4, 0.5) is 5.69 Å². The van der Waals surface area contributed by atoms with Gasteiger partial charge < -0.3 is 15.2 Å². The van der Waals surface area contributed by atoms with Gasteiger partial charge in [0.15, 0.2) is 5.16 Å². The Morgan fingerprint density at radius 1 is 1.10 bits per heavy atom. The molecule has 0 aliphatic carbocycles. The summed E-state index contributed by atoms with van der Waals surface area (Å²) in [6, 6.07) is 12.3. The lowest BCUT2D eigenvalue weighted by atomic mass is 10.2. The zero-order valence-electron chi connectivity index (χ0n) is 17.0. The van der Waals surface area contributed by atoms with Crippen molar-refractivity contribution in [1.29, 1.82) is 0 Å². The molecule has 0 aliphatic heterocycles. The summed E-state index contributed by atoms with van der Waals surface area (Å²) in [5.41, 5.74) is 2.23. The van der Waals surface area contributed by atoms with Gasteiger partial charge in [0.05, 0.1) is 15.8 Å². The molecule has 7 nitrogen and oxygen atoms in total. The van der Waals surface area contributed by atoms with Crippen molar-refractivity contribution < 1.29 is 9.59 Å². The maximum atomic E-state index is 12.2. The zero-order chi connectivity index (χ0) is 22.4. The molecular weight excluding hydrogens is 457 g/mol. The molecule has 0 atom stereocenters. The van der Waals surface area contributed by atoms with Crippen LogP contribution in [-0.4, -0.2) is 38.9 Å². The largest absolute Gasteiger partial charge is 0.352 e. The number of benzene rings is 2. The summed E-state index contributed by atoms with van der Waals surface area (Å²) in [4.78, 5) is 24.5. The number of nitrogens with zero attached hydrogens (tertiary/aromatic N) is 3. The number of para-hydroxylation sites is 1. The van der Waals surface area contributed by atoms with Gasteiger partial charge in [-0.25, -0.2) is 0 Å². The van der Waals surface area contributed by atoms with E-state index in [0.29, 0.717) is 39.6 Å². The molecule has 162 valence electrons. The van der Waals surface area contributed by atoms with Crippen molar-refractivity contribution in [2.45, 2.75) is 18.5 Å². The normalized spacial score (nSPS) is 10.7. The molecule has 0 bridgehead atoms. The van der Waals surface area contributed by atoms with Gasteiger partial charge in [0.1, 0.15) is 5.82 Å². The predicted octanol–water partition coefficient (Wildman–Crippen LogP) is 4.13. The van der Waals surface area contributed by atoms with Gasteiger partial charge >= 0.3 is 0 Å². The van der Waals surface area contributed by atoms with Crippen molar-refractivity contribution in [3.63, 3.8) is 0 Å². The van der Waals surface area contributed by atoms with E-state index in [2.05, 4.69) is 20.8 Å². The second-order valence-corrected chi connectivity index (χ2v) is 8.50. The molecule has 10 heteroatoms. The summed E-state index contributed by atoms with van der Waals surface area (Å²) in [7, 11) is 1.83. The van der Waals surface area contributed by atoms with Gasteiger partial charge in [-0.05, 0) is 36.8 Å². The SMILES string of the molecule is Cc1ccccc1NC(=O)CSc1nnc(CCNC(=O)c2ccc(Cl)c(Cl)c2)n1C. The highest BCUT2D eigenvalue weighted by atomic mass is 35.5. The highest BCUT2D eigenvalue weighted by Crippen LogP contribution is 2.22. The molecule has 1 aromatic heterocycles. The van der Waals surface area contributed by atoms with Crippen molar-refractivity contribution >= 4 is 52.5 Å². The highest BCUT2D eigenvalue weighted by molar-refractivity contribution is 7.99. The number of hydrogen-bond acceptors (Lipinski definition) is 5. The molecule has 2 aromatic carbocycles. The average Bonchev–Trinajstić information content (AvgIpc) is 3.09. The second-order valence-electron chi connectivity index (χ2n) is 6.74. The number of hydrogen-bond donors (Lipinski definition) is 2. The number of halogens is 2. The topological polar surface area (TPSA) is 88.9 Å². The van der Waals surface area contributed by atoms with E-state index in [1.165, 1.54) is 17.8 Å². The van der Waals surface area contributed by atoms with Crippen molar-refractivity contribution in [1.82, 2.24) is 20.1 Å². The van der Waals surface area contributed by atoms with Crippen LogP contribution in [0.5, 0.6) is 0 Å². The molecule has 3 rings (SSSR count). The van der Waals surface area contributed by atoms with Crippen LogP contribution in [0.1, 0.15) is 21.7 Å². The molecule has 2 amide bonds. The number of anilines is 1. The Hall–Kier alpha value is -2.55. The van der Waals surface area contributed by atoms with E-state index in [-0.39, 0.29) is 17.6 Å². The Kier molecular flexibility index (Phi) is 7.95. The summed E-state index contributed by atoms with van der Waals surface area (Å²) >= 11 is 13.1. The lowest BCUT2D eigenvalue weighted by Crippen LogP contribution is -2.26. The summed E-state index contributed by atoms with van der Waals surface area (Å²) < 4.78 is 1.82. The monoisotopic (exact) mass is 477 g/mol. The minimum atomic E-state index is -0.247. The summed E-state index contributed by atoms with van der Waals surface area (Å²) in [6.45, 7) is 2.32. The van der Waals surface area contributed by atoms with Gasteiger partial charge in [0, 0.05) is 31.3 Å². The van der Waals surface area contributed by atoms with E-state index in [4.69, 9.17) is 23.2 Å². The quantitative estimate of drug-likeness (QED) is 0.476. The van der Waals surface area contributed by atoms with Crippen LogP contribution in [0, 0.1) is 6.92 Å². The van der Waals surface area contributed by atoms with E-state index < -0.39 is 0 Å². The fourth-order valence-electron chi connectivity index (χ4n) is 2.75. The molecule has 0 radical (unpaired) electrons. The molecule has 0 spiro atoms. The third-order valence-electron chi connectivity index (χ3n) is 4.49. The number of amides is 2. The fraction of sp³-hybridized carbons (Fsp3) is 0.238. The minimum absolute atomic E-state index is 0.113. The standard InChI is InChI=1S/C21H21Cl2N5O2S/c1-13-5-3-4-6-17(13)25-19(29)12-31-21-27-26-18(28(21)2)9-10-24-20(30)14-7-8-15(22)16(23)11-14/h3-8,11H,9-10,12H2,1-2H3,(H,24,30)(H,25,29).